The lowest BCUT2D eigenvalue weighted by molar-refractivity contribution is 0.391. The maximum absolute atomic E-state index is 13.5. The van der Waals surface area contributed by atoms with E-state index in [1.165, 1.54) is 18.8 Å². The van der Waals surface area contributed by atoms with Crippen LogP contribution in [0.15, 0.2) is 48.9 Å². The Kier molecular flexibility index (Phi) is 7.39. The minimum absolute atomic E-state index is 0.0379. The average molecular weight is 524 g/mol. The normalized spacial score (nSPS) is 13.1. The predicted octanol–water partition coefficient (Wildman–Crippen LogP) is 3.69. The topological polar surface area (TPSA) is 134 Å². The summed E-state index contributed by atoms with van der Waals surface area (Å²) < 4.78 is 42.4. The summed E-state index contributed by atoms with van der Waals surface area (Å²) in [6.07, 6.45) is 5.02. The summed E-state index contributed by atoms with van der Waals surface area (Å²) in [4.78, 5) is 13.1. The molecule has 0 aliphatic carbocycles. The monoisotopic (exact) mass is 523 g/mol. The highest BCUT2D eigenvalue weighted by molar-refractivity contribution is 7.93. The highest BCUT2D eigenvalue weighted by Crippen LogP contribution is 2.37. The van der Waals surface area contributed by atoms with Crippen LogP contribution in [-0.2, 0) is 10.0 Å². The zero-order valence-corrected chi connectivity index (χ0v) is 22.3. The Morgan fingerprint density at radius 3 is 2.05 bits per heavy atom. The quantitative estimate of drug-likeness (QED) is 0.348. The third-order valence-corrected chi connectivity index (χ3v) is 7.92. The second kappa shape index (κ2) is 10.5. The number of anilines is 1. The number of aryl methyl sites for hydroxylation is 2. The Morgan fingerprint density at radius 1 is 0.865 bits per heavy atom. The number of hydrogen-bond donors (Lipinski definition) is 1. The number of para-hydroxylation sites is 1. The lowest BCUT2D eigenvalue weighted by Gasteiger charge is -2.21. The molecule has 1 aromatic carbocycles. The van der Waals surface area contributed by atoms with Gasteiger partial charge >= 0.3 is 0 Å². The molecule has 1 N–H and O–H groups in total. The number of rotatable bonds is 9. The van der Waals surface area contributed by atoms with Crippen molar-refractivity contribution in [3.05, 3.63) is 65.9 Å². The molecule has 0 bridgehead atoms. The molecule has 0 spiro atoms. The van der Waals surface area contributed by atoms with Crippen LogP contribution in [0.1, 0.15) is 36.7 Å². The second-order valence-electron chi connectivity index (χ2n) is 8.67. The fourth-order valence-corrected chi connectivity index (χ4v) is 4.95. The van der Waals surface area contributed by atoms with Gasteiger partial charge in [0, 0.05) is 24.5 Å². The van der Waals surface area contributed by atoms with Crippen LogP contribution in [0, 0.1) is 13.8 Å². The van der Waals surface area contributed by atoms with E-state index in [4.69, 9.17) is 9.47 Å². The van der Waals surface area contributed by atoms with E-state index >= 15 is 0 Å². The summed E-state index contributed by atoms with van der Waals surface area (Å²) >= 11 is 0. The lowest BCUT2D eigenvalue weighted by Crippen LogP contribution is -2.31. The second-order valence-corrected chi connectivity index (χ2v) is 10.7. The molecule has 4 rings (SSSR count). The van der Waals surface area contributed by atoms with Crippen molar-refractivity contribution in [1.29, 1.82) is 0 Å². The minimum atomic E-state index is -3.97. The van der Waals surface area contributed by atoms with Gasteiger partial charge in [-0.15, -0.1) is 10.2 Å². The maximum Gasteiger partial charge on any atom is 0.243 e. The van der Waals surface area contributed by atoms with E-state index in [1.807, 2.05) is 19.9 Å². The van der Waals surface area contributed by atoms with E-state index in [1.54, 1.807) is 56.7 Å². The Morgan fingerprint density at radius 2 is 1.49 bits per heavy atom. The van der Waals surface area contributed by atoms with Gasteiger partial charge in [-0.25, -0.2) is 18.4 Å². The summed E-state index contributed by atoms with van der Waals surface area (Å²) in [5, 5.41) is 7.59. The largest absolute Gasteiger partial charge is 0.494 e. The number of ether oxygens (including phenoxy) is 2. The Labute approximate surface area is 216 Å². The van der Waals surface area contributed by atoms with Crippen LogP contribution in [0.2, 0.25) is 0 Å². The number of methoxy groups -OCH3 is 2. The molecular formula is C25H29N7O4S. The van der Waals surface area contributed by atoms with Gasteiger partial charge in [0.25, 0.3) is 0 Å². The van der Waals surface area contributed by atoms with Crippen molar-refractivity contribution >= 4 is 16.0 Å². The molecule has 0 saturated heterocycles. The summed E-state index contributed by atoms with van der Waals surface area (Å²) in [6, 6.07) is 8.92. The molecule has 0 unspecified atom stereocenters. The number of benzene rings is 1. The van der Waals surface area contributed by atoms with E-state index in [-0.39, 0.29) is 5.95 Å². The average Bonchev–Trinajstić information content (AvgIpc) is 3.30. The van der Waals surface area contributed by atoms with E-state index in [9.17, 15) is 8.42 Å². The van der Waals surface area contributed by atoms with Crippen LogP contribution in [-0.4, -0.2) is 57.6 Å². The van der Waals surface area contributed by atoms with Crippen molar-refractivity contribution in [2.24, 2.45) is 0 Å². The third kappa shape index (κ3) is 5.24. The molecule has 11 nitrogen and oxygen atoms in total. The number of nitrogens with one attached hydrogen (secondary N) is 1. The van der Waals surface area contributed by atoms with Crippen molar-refractivity contribution < 1.29 is 17.9 Å². The van der Waals surface area contributed by atoms with Crippen LogP contribution in [0.3, 0.4) is 0 Å². The van der Waals surface area contributed by atoms with Gasteiger partial charge < -0.3 is 9.47 Å². The summed E-state index contributed by atoms with van der Waals surface area (Å²) in [7, 11) is -0.940. The van der Waals surface area contributed by atoms with Gasteiger partial charge in [0.1, 0.15) is 28.7 Å². The first kappa shape index (κ1) is 26.0. The van der Waals surface area contributed by atoms with Crippen molar-refractivity contribution in [2.75, 3.05) is 18.9 Å². The van der Waals surface area contributed by atoms with Gasteiger partial charge in [0.2, 0.25) is 16.0 Å². The molecular weight excluding hydrogens is 494 g/mol. The van der Waals surface area contributed by atoms with Crippen LogP contribution < -0.4 is 14.2 Å². The SMILES string of the molecule is COc1cccc(OC)c1-n1c(NS(=O)(=O)[C@@H](C)[C@H](C)c2ncc(C)cn2)nnc1-c1ccc(C)cn1. The summed E-state index contributed by atoms with van der Waals surface area (Å²) in [5.41, 5.74) is 2.77. The molecule has 2 atom stereocenters. The van der Waals surface area contributed by atoms with Crippen molar-refractivity contribution in [1.82, 2.24) is 29.7 Å². The van der Waals surface area contributed by atoms with Gasteiger partial charge in [-0.3, -0.25) is 14.3 Å². The van der Waals surface area contributed by atoms with Gasteiger partial charge in [0.05, 0.1) is 19.5 Å². The third-order valence-electron chi connectivity index (χ3n) is 6.06. The van der Waals surface area contributed by atoms with Crippen LogP contribution >= 0.6 is 0 Å². The summed E-state index contributed by atoms with van der Waals surface area (Å²) in [6.45, 7) is 7.16. The van der Waals surface area contributed by atoms with Gasteiger partial charge in [-0.2, -0.15) is 0 Å². The highest BCUT2D eigenvalue weighted by atomic mass is 32.2. The van der Waals surface area contributed by atoms with Crippen molar-refractivity contribution in [2.45, 2.75) is 38.9 Å². The van der Waals surface area contributed by atoms with Crippen LogP contribution in [0.5, 0.6) is 11.5 Å². The molecule has 0 radical (unpaired) electrons. The van der Waals surface area contributed by atoms with Gasteiger partial charge in [0.15, 0.2) is 5.82 Å². The van der Waals surface area contributed by atoms with Gasteiger partial charge in [-0.05, 0) is 50.1 Å². The molecule has 12 heteroatoms. The fraction of sp³-hybridized carbons (Fsp3) is 0.320. The standard InChI is InChI=1S/C25H29N7O4S/c1-15-10-11-19(26-12-15)24-29-30-25(32(24)22-20(35-5)8-7-9-21(22)36-6)31-37(33,34)18(4)17(3)23-27-13-16(2)14-28-23/h7-14,17-18H,1-6H3,(H,30,31)/t17-,18-/m0/s1. The Balaban J connectivity index is 1.82. The number of pyridine rings is 1. The summed E-state index contributed by atoms with van der Waals surface area (Å²) in [5.74, 6) is 1.08. The first-order valence-electron chi connectivity index (χ1n) is 11.6. The lowest BCUT2D eigenvalue weighted by atomic mass is 10.1. The minimum Gasteiger partial charge on any atom is -0.494 e. The molecule has 0 saturated carbocycles. The maximum atomic E-state index is 13.5. The van der Waals surface area contributed by atoms with Crippen molar-refractivity contribution in [3.8, 4) is 28.7 Å². The predicted molar refractivity (Wildman–Crippen MR) is 140 cm³/mol. The smallest absolute Gasteiger partial charge is 0.243 e. The Hall–Kier alpha value is -4.06. The Bertz CT molecular complexity index is 1460. The van der Waals surface area contributed by atoms with E-state index in [2.05, 4.69) is 29.9 Å². The molecule has 0 aliphatic heterocycles. The number of aromatic nitrogens is 6. The van der Waals surface area contributed by atoms with E-state index < -0.39 is 21.2 Å². The molecule has 0 fully saturated rings. The number of hydrogen-bond acceptors (Lipinski definition) is 9. The molecule has 3 aromatic heterocycles. The fourth-order valence-electron chi connectivity index (χ4n) is 3.72. The molecule has 4 aromatic rings. The molecule has 194 valence electrons. The molecule has 0 amide bonds. The van der Waals surface area contributed by atoms with E-state index in [0.29, 0.717) is 34.5 Å². The zero-order chi connectivity index (χ0) is 26.7. The molecule has 0 aliphatic rings. The molecule has 37 heavy (non-hydrogen) atoms. The molecule has 3 heterocycles. The number of nitrogens with zero attached hydrogens (tertiary/aromatic N) is 6. The van der Waals surface area contributed by atoms with Crippen LogP contribution in [0.4, 0.5) is 5.95 Å². The highest BCUT2D eigenvalue weighted by Gasteiger charge is 2.32. The number of sulfonamides is 1. The van der Waals surface area contributed by atoms with Gasteiger partial charge in [-0.1, -0.05) is 19.1 Å². The van der Waals surface area contributed by atoms with Crippen molar-refractivity contribution in [3.63, 3.8) is 0 Å². The zero-order valence-electron chi connectivity index (χ0n) is 21.5. The first-order valence-corrected chi connectivity index (χ1v) is 13.1. The van der Waals surface area contributed by atoms with Crippen LogP contribution in [0.25, 0.3) is 17.2 Å². The van der Waals surface area contributed by atoms with E-state index in [0.717, 1.165) is 11.1 Å². The first-order chi connectivity index (χ1) is 17.7.